The fraction of sp³-hybridized carbons (Fsp3) is 0.385. The highest BCUT2D eigenvalue weighted by Gasteiger charge is 2.29. The molecule has 2 N–H and O–H groups in total. The summed E-state index contributed by atoms with van der Waals surface area (Å²) in [4.78, 5) is 0. The van der Waals surface area contributed by atoms with Crippen LogP contribution in [0.3, 0.4) is 0 Å². The van der Waals surface area contributed by atoms with Crippen LogP contribution in [0.4, 0.5) is 0 Å². The van der Waals surface area contributed by atoms with Crippen molar-refractivity contribution >= 4 is 0 Å². The Morgan fingerprint density at radius 2 is 1.94 bits per heavy atom. The van der Waals surface area contributed by atoms with Crippen molar-refractivity contribution in [2.24, 2.45) is 5.73 Å². The Morgan fingerprint density at radius 3 is 2.59 bits per heavy atom. The average Bonchev–Trinajstić information content (AvgIpc) is 3.09. The Labute approximate surface area is 99.8 Å². The normalized spacial score (nSPS) is 15.1. The molecule has 1 heterocycles. The topological polar surface area (TPSA) is 64.9 Å². The Kier molecular flexibility index (Phi) is 2.65. The van der Waals surface area contributed by atoms with E-state index in [1.165, 1.54) is 18.4 Å². The number of nitrogens with zero attached hydrogens (tertiary/aromatic N) is 2. The molecule has 0 aliphatic heterocycles. The van der Waals surface area contributed by atoms with E-state index in [4.69, 9.17) is 10.2 Å². The van der Waals surface area contributed by atoms with Crippen LogP contribution < -0.4 is 5.73 Å². The van der Waals surface area contributed by atoms with Crippen LogP contribution in [0, 0.1) is 0 Å². The minimum Gasteiger partial charge on any atom is -0.420 e. The van der Waals surface area contributed by atoms with Crippen LogP contribution in [0.25, 0.3) is 11.5 Å². The smallest absolute Gasteiger partial charge is 0.247 e. The van der Waals surface area contributed by atoms with Crippen LogP contribution >= 0.6 is 0 Å². The van der Waals surface area contributed by atoms with Crippen LogP contribution in [0.15, 0.2) is 28.7 Å². The number of nitrogens with two attached hydrogens (primary N) is 1. The Balaban J connectivity index is 1.81. The van der Waals surface area contributed by atoms with Gasteiger partial charge in [0.15, 0.2) is 0 Å². The maximum atomic E-state index is 5.65. The minimum absolute atomic E-state index is 0.507. The van der Waals surface area contributed by atoms with Gasteiger partial charge in [0.25, 0.3) is 0 Å². The summed E-state index contributed by atoms with van der Waals surface area (Å²) in [5.41, 5.74) is 7.72. The molecule has 0 bridgehead atoms. The second kappa shape index (κ2) is 4.30. The maximum Gasteiger partial charge on any atom is 0.247 e. The quantitative estimate of drug-likeness (QED) is 0.872. The molecule has 17 heavy (non-hydrogen) atoms. The van der Waals surface area contributed by atoms with Gasteiger partial charge >= 0.3 is 0 Å². The molecular formula is C13H15N3O. The highest BCUT2D eigenvalue weighted by atomic mass is 16.4. The molecule has 1 aliphatic carbocycles. The summed E-state index contributed by atoms with van der Waals surface area (Å²) in [6, 6.07) is 8.14. The number of aromatic nitrogens is 2. The van der Waals surface area contributed by atoms with Gasteiger partial charge in [-0.1, -0.05) is 12.1 Å². The first kappa shape index (κ1) is 10.5. The van der Waals surface area contributed by atoms with Crippen LogP contribution in [0.5, 0.6) is 0 Å². The average molecular weight is 229 g/mol. The lowest BCUT2D eigenvalue weighted by Gasteiger charge is -1.99. The molecule has 1 aliphatic rings. The zero-order valence-electron chi connectivity index (χ0n) is 9.60. The van der Waals surface area contributed by atoms with Crippen molar-refractivity contribution in [2.45, 2.75) is 25.2 Å². The molecule has 1 aromatic carbocycles. The van der Waals surface area contributed by atoms with E-state index in [0.717, 1.165) is 17.9 Å². The van der Waals surface area contributed by atoms with Gasteiger partial charge in [0.1, 0.15) is 0 Å². The number of hydrogen-bond donors (Lipinski definition) is 1. The zero-order chi connectivity index (χ0) is 11.7. The lowest BCUT2D eigenvalue weighted by Crippen LogP contribution is -2.02. The minimum atomic E-state index is 0.507. The molecule has 1 aromatic heterocycles. The molecule has 1 fully saturated rings. The fourth-order valence-electron chi connectivity index (χ4n) is 1.83. The van der Waals surface area contributed by atoms with Crippen molar-refractivity contribution in [1.82, 2.24) is 10.2 Å². The molecule has 0 saturated heterocycles. The summed E-state index contributed by atoms with van der Waals surface area (Å²) in [6.45, 7) is 0.672. The van der Waals surface area contributed by atoms with Crippen molar-refractivity contribution in [3.63, 3.8) is 0 Å². The lowest BCUT2D eigenvalue weighted by atomic mass is 10.1. The van der Waals surface area contributed by atoms with E-state index in [1.807, 2.05) is 12.1 Å². The molecule has 1 saturated carbocycles. The summed E-state index contributed by atoms with van der Waals surface area (Å²) >= 11 is 0. The second-order valence-corrected chi connectivity index (χ2v) is 4.46. The molecule has 0 radical (unpaired) electrons. The van der Waals surface area contributed by atoms with Crippen molar-refractivity contribution < 1.29 is 4.42 Å². The Hall–Kier alpha value is -1.68. The van der Waals surface area contributed by atoms with Crippen molar-refractivity contribution in [3.05, 3.63) is 35.7 Å². The first-order chi connectivity index (χ1) is 8.36. The third-order valence-electron chi connectivity index (χ3n) is 3.00. The van der Waals surface area contributed by atoms with E-state index in [9.17, 15) is 0 Å². The van der Waals surface area contributed by atoms with E-state index in [0.29, 0.717) is 18.4 Å². The van der Waals surface area contributed by atoms with Crippen LogP contribution in [-0.2, 0) is 6.42 Å². The van der Waals surface area contributed by atoms with Gasteiger partial charge in [0.2, 0.25) is 11.8 Å². The predicted octanol–water partition coefficient (Wildman–Crippen LogP) is 2.12. The van der Waals surface area contributed by atoms with E-state index >= 15 is 0 Å². The molecule has 4 nitrogen and oxygen atoms in total. The maximum absolute atomic E-state index is 5.65. The summed E-state index contributed by atoms with van der Waals surface area (Å²) in [5, 5.41) is 8.16. The van der Waals surface area contributed by atoms with Crippen LogP contribution in [0.2, 0.25) is 0 Å². The summed E-state index contributed by atoms with van der Waals surface area (Å²) in [5.74, 6) is 1.91. The SMILES string of the molecule is NCCc1ccc(-c2nnc(C3CC3)o2)cc1. The largest absolute Gasteiger partial charge is 0.420 e. The number of benzene rings is 1. The zero-order valence-corrected chi connectivity index (χ0v) is 9.60. The number of rotatable bonds is 4. The molecule has 88 valence electrons. The molecule has 0 atom stereocenters. The third-order valence-corrected chi connectivity index (χ3v) is 3.00. The van der Waals surface area contributed by atoms with Crippen molar-refractivity contribution in [2.75, 3.05) is 6.54 Å². The highest BCUT2D eigenvalue weighted by molar-refractivity contribution is 5.53. The van der Waals surface area contributed by atoms with Gasteiger partial charge in [-0.05, 0) is 43.5 Å². The standard InChI is InChI=1S/C13H15N3O/c14-8-7-9-1-3-10(4-2-9)12-15-16-13(17-12)11-5-6-11/h1-4,11H,5-8,14H2. The fourth-order valence-corrected chi connectivity index (χ4v) is 1.83. The number of hydrogen-bond acceptors (Lipinski definition) is 4. The van der Waals surface area contributed by atoms with Gasteiger partial charge in [-0.3, -0.25) is 0 Å². The molecular weight excluding hydrogens is 214 g/mol. The summed E-state index contributed by atoms with van der Waals surface area (Å²) in [6.07, 6.45) is 3.26. The monoisotopic (exact) mass is 229 g/mol. The molecule has 0 spiro atoms. The van der Waals surface area contributed by atoms with E-state index in [-0.39, 0.29) is 0 Å². The van der Waals surface area contributed by atoms with Gasteiger partial charge < -0.3 is 10.2 Å². The first-order valence-corrected chi connectivity index (χ1v) is 5.99. The summed E-state index contributed by atoms with van der Waals surface area (Å²) in [7, 11) is 0. The van der Waals surface area contributed by atoms with Gasteiger partial charge in [-0.15, -0.1) is 10.2 Å². The Morgan fingerprint density at radius 1 is 1.18 bits per heavy atom. The highest BCUT2D eigenvalue weighted by Crippen LogP contribution is 2.39. The van der Waals surface area contributed by atoms with Crippen molar-refractivity contribution in [3.8, 4) is 11.5 Å². The van der Waals surface area contributed by atoms with Gasteiger partial charge in [0, 0.05) is 11.5 Å². The molecule has 0 unspecified atom stereocenters. The van der Waals surface area contributed by atoms with Crippen LogP contribution in [0.1, 0.15) is 30.2 Å². The molecule has 0 amide bonds. The predicted molar refractivity (Wildman–Crippen MR) is 64.5 cm³/mol. The van der Waals surface area contributed by atoms with E-state index in [2.05, 4.69) is 22.3 Å². The van der Waals surface area contributed by atoms with Gasteiger partial charge in [-0.2, -0.15) is 0 Å². The second-order valence-electron chi connectivity index (χ2n) is 4.46. The molecule has 2 aromatic rings. The summed E-state index contributed by atoms with van der Waals surface area (Å²) < 4.78 is 5.65. The third kappa shape index (κ3) is 2.22. The van der Waals surface area contributed by atoms with Gasteiger partial charge in [-0.25, -0.2) is 0 Å². The van der Waals surface area contributed by atoms with Crippen LogP contribution in [-0.4, -0.2) is 16.7 Å². The van der Waals surface area contributed by atoms with Gasteiger partial charge in [0.05, 0.1) is 0 Å². The van der Waals surface area contributed by atoms with E-state index in [1.54, 1.807) is 0 Å². The first-order valence-electron chi connectivity index (χ1n) is 5.99. The van der Waals surface area contributed by atoms with E-state index < -0.39 is 0 Å². The molecule has 4 heteroatoms. The Bertz CT molecular complexity index is 500. The molecule has 3 rings (SSSR count). The van der Waals surface area contributed by atoms with Crippen molar-refractivity contribution in [1.29, 1.82) is 0 Å². The lowest BCUT2D eigenvalue weighted by molar-refractivity contribution is 0.508.